The summed E-state index contributed by atoms with van der Waals surface area (Å²) in [5.41, 5.74) is -0.356. The number of carbonyl (C=O) groups excluding carboxylic acids is 2. The van der Waals surface area contributed by atoms with E-state index in [4.69, 9.17) is 9.47 Å². The fraction of sp³-hybridized carbons (Fsp3) is 0.0909. The molecule has 0 saturated carbocycles. The van der Waals surface area contributed by atoms with Crippen LogP contribution in [0.3, 0.4) is 0 Å². The molecule has 0 aliphatic carbocycles. The van der Waals surface area contributed by atoms with Crippen molar-refractivity contribution in [3.8, 4) is 22.6 Å². The first-order chi connectivity index (χ1) is 14.1. The van der Waals surface area contributed by atoms with Crippen LogP contribution in [0, 0.1) is 0 Å². The summed E-state index contributed by atoms with van der Waals surface area (Å²) in [5.74, 6) is -1.82. The molecule has 0 fully saturated rings. The summed E-state index contributed by atoms with van der Waals surface area (Å²) in [6.07, 6.45) is -1.59. The van der Waals surface area contributed by atoms with Crippen LogP contribution in [0.4, 0.5) is 13.2 Å². The Hall–Kier alpha value is -3.81. The SMILES string of the molecule is C=CC(=O)O/C=C\Oc1ccc(-c2ccc(OC(=O)C(=C)C)c(C(F)(F)F)c2)cc1. The zero-order chi connectivity index (χ0) is 22.3. The molecule has 0 bridgehead atoms. The molecular formula is C22H17F3O5. The molecule has 0 aliphatic rings. The van der Waals surface area contributed by atoms with Crippen molar-refractivity contribution in [2.45, 2.75) is 13.1 Å². The Morgan fingerprint density at radius 3 is 2.20 bits per heavy atom. The highest BCUT2D eigenvalue weighted by molar-refractivity contribution is 5.89. The summed E-state index contributed by atoms with van der Waals surface area (Å²) in [6.45, 7) is 7.93. The van der Waals surface area contributed by atoms with E-state index in [1.165, 1.54) is 25.1 Å². The van der Waals surface area contributed by atoms with E-state index in [9.17, 15) is 22.8 Å². The number of alkyl halides is 3. The molecule has 0 spiro atoms. The van der Waals surface area contributed by atoms with E-state index in [0.717, 1.165) is 30.7 Å². The molecule has 30 heavy (non-hydrogen) atoms. The van der Waals surface area contributed by atoms with Crippen molar-refractivity contribution < 1.29 is 37.0 Å². The lowest BCUT2D eigenvalue weighted by molar-refractivity contribution is -0.141. The van der Waals surface area contributed by atoms with Crippen molar-refractivity contribution in [1.82, 2.24) is 0 Å². The van der Waals surface area contributed by atoms with Gasteiger partial charge in [-0.05, 0) is 42.3 Å². The highest BCUT2D eigenvalue weighted by Gasteiger charge is 2.35. The van der Waals surface area contributed by atoms with Gasteiger partial charge in [-0.15, -0.1) is 0 Å². The molecule has 0 heterocycles. The molecule has 2 rings (SSSR count). The average Bonchev–Trinajstić information content (AvgIpc) is 2.70. The van der Waals surface area contributed by atoms with Crippen LogP contribution in [0.1, 0.15) is 12.5 Å². The minimum Gasteiger partial charge on any atom is -0.462 e. The Morgan fingerprint density at radius 1 is 1.00 bits per heavy atom. The lowest BCUT2D eigenvalue weighted by atomic mass is 10.0. The van der Waals surface area contributed by atoms with E-state index in [2.05, 4.69) is 17.9 Å². The number of carbonyl (C=O) groups is 2. The van der Waals surface area contributed by atoms with E-state index < -0.39 is 29.4 Å². The third-order valence-electron chi connectivity index (χ3n) is 3.63. The van der Waals surface area contributed by atoms with E-state index >= 15 is 0 Å². The van der Waals surface area contributed by atoms with Gasteiger partial charge in [-0.1, -0.05) is 31.4 Å². The summed E-state index contributed by atoms with van der Waals surface area (Å²) in [5, 5.41) is 0. The zero-order valence-corrected chi connectivity index (χ0v) is 15.9. The van der Waals surface area contributed by atoms with Gasteiger partial charge in [0.05, 0.1) is 5.56 Å². The van der Waals surface area contributed by atoms with Gasteiger partial charge in [0, 0.05) is 11.6 Å². The van der Waals surface area contributed by atoms with Crippen LogP contribution >= 0.6 is 0 Å². The minimum absolute atomic E-state index is 0.0175. The quantitative estimate of drug-likeness (QED) is 0.260. The Balaban J connectivity index is 2.22. The second-order valence-electron chi connectivity index (χ2n) is 5.93. The molecule has 0 saturated heterocycles. The number of hydrogen-bond acceptors (Lipinski definition) is 5. The van der Waals surface area contributed by atoms with Gasteiger partial charge in [-0.25, -0.2) is 9.59 Å². The van der Waals surface area contributed by atoms with Gasteiger partial charge in [0.15, 0.2) is 0 Å². The smallest absolute Gasteiger partial charge is 0.420 e. The number of halogens is 3. The molecule has 0 unspecified atom stereocenters. The average molecular weight is 418 g/mol. The van der Waals surface area contributed by atoms with Gasteiger partial charge in [0.25, 0.3) is 0 Å². The molecular weight excluding hydrogens is 401 g/mol. The van der Waals surface area contributed by atoms with Crippen molar-refractivity contribution >= 4 is 11.9 Å². The number of esters is 2. The third kappa shape index (κ3) is 6.10. The fourth-order valence-corrected chi connectivity index (χ4v) is 2.18. The first-order valence-corrected chi connectivity index (χ1v) is 8.46. The van der Waals surface area contributed by atoms with Crippen LogP contribution in [0.2, 0.25) is 0 Å². The van der Waals surface area contributed by atoms with E-state index in [1.807, 2.05) is 0 Å². The molecule has 0 aliphatic heterocycles. The summed E-state index contributed by atoms with van der Waals surface area (Å²) in [4.78, 5) is 22.5. The van der Waals surface area contributed by atoms with Crippen LogP contribution in [-0.2, 0) is 20.5 Å². The number of rotatable bonds is 7. The largest absolute Gasteiger partial charge is 0.462 e. The highest BCUT2D eigenvalue weighted by Crippen LogP contribution is 2.39. The molecule has 0 amide bonds. The van der Waals surface area contributed by atoms with Crippen molar-refractivity contribution in [3.05, 3.63) is 85.4 Å². The van der Waals surface area contributed by atoms with Gasteiger partial charge in [0.1, 0.15) is 24.0 Å². The molecule has 5 nitrogen and oxygen atoms in total. The second kappa shape index (κ2) is 9.60. The Morgan fingerprint density at radius 2 is 1.63 bits per heavy atom. The Labute approximate surface area is 170 Å². The number of benzene rings is 2. The number of ether oxygens (including phenoxy) is 3. The first kappa shape index (κ1) is 22.5. The van der Waals surface area contributed by atoms with Gasteiger partial charge in [-0.3, -0.25) is 0 Å². The van der Waals surface area contributed by atoms with Crippen molar-refractivity contribution in [1.29, 1.82) is 0 Å². The van der Waals surface area contributed by atoms with Crippen molar-refractivity contribution in [2.24, 2.45) is 0 Å². The maximum atomic E-state index is 13.4. The predicted molar refractivity (Wildman–Crippen MR) is 103 cm³/mol. The van der Waals surface area contributed by atoms with Crippen molar-refractivity contribution in [2.75, 3.05) is 0 Å². The molecule has 0 N–H and O–H groups in total. The van der Waals surface area contributed by atoms with Crippen LogP contribution in [0.25, 0.3) is 11.1 Å². The van der Waals surface area contributed by atoms with Crippen LogP contribution in [-0.4, -0.2) is 11.9 Å². The first-order valence-electron chi connectivity index (χ1n) is 8.46. The van der Waals surface area contributed by atoms with Gasteiger partial charge in [-0.2, -0.15) is 13.2 Å². The van der Waals surface area contributed by atoms with Crippen LogP contribution < -0.4 is 9.47 Å². The molecule has 0 radical (unpaired) electrons. The second-order valence-corrected chi connectivity index (χ2v) is 5.93. The maximum absolute atomic E-state index is 13.4. The summed E-state index contributed by atoms with van der Waals surface area (Å²) in [7, 11) is 0. The summed E-state index contributed by atoms with van der Waals surface area (Å²) < 4.78 is 54.9. The normalized spacial score (nSPS) is 11.1. The van der Waals surface area contributed by atoms with Crippen molar-refractivity contribution in [3.63, 3.8) is 0 Å². The van der Waals surface area contributed by atoms with E-state index in [1.54, 1.807) is 12.1 Å². The molecule has 156 valence electrons. The zero-order valence-electron chi connectivity index (χ0n) is 15.9. The topological polar surface area (TPSA) is 61.8 Å². The third-order valence-corrected chi connectivity index (χ3v) is 3.63. The lowest BCUT2D eigenvalue weighted by Crippen LogP contribution is -2.14. The van der Waals surface area contributed by atoms with Gasteiger partial charge in [0.2, 0.25) is 0 Å². The lowest BCUT2D eigenvalue weighted by Gasteiger charge is -2.14. The predicted octanol–water partition coefficient (Wildman–Crippen LogP) is 5.43. The molecule has 0 aromatic heterocycles. The Bertz CT molecular complexity index is 989. The summed E-state index contributed by atoms with van der Waals surface area (Å²) in [6, 6.07) is 9.53. The summed E-state index contributed by atoms with van der Waals surface area (Å²) >= 11 is 0. The monoisotopic (exact) mass is 418 g/mol. The standard InChI is InChI=1S/C22H17F3O5/c1-4-20(26)29-12-11-28-17-8-5-15(6-9-17)16-7-10-19(30-21(27)14(2)3)18(13-16)22(23,24)25/h4-13H,1-2H2,3H3/b12-11-. The molecule has 2 aromatic carbocycles. The van der Waals surface area contributed by atoms with Crippen LogP contribution in [0.5, 0.6) is 11.5 Å². The van der Waals surface area contributed by atoms with Crippen LogP contribution in [0.15, 0.2) is 79.8 Å². The van der Waals surface area contributed by atoms with E-state index in [0.29, 0.717) is 11.3 Å². The maximum Gasteiger partial charge on any atom is 0.420 e. The highest BCUT2D eigenvalue weighted by atomic mass is 19.4. The Kier molecular flexibility index (Phi) is 7.19. The molecule has 8 heteroatoms. The van der Waals surface area contributed by atoms with Gasteiger partial charge >= 0.3 is 18.1 Å². The molecule has 0 atom stereocenters. The fourth-order valence-electron chi connectivity index (χ4n) is 2.18. The number of hydrogen-bond donors (Lipinski definition) is 0. The van der Waals surface area contributed by atoms with E-state index in [-0.39, 0.29) is 11.1 Å². The minimum atomic E-state index is -4.72. The van der Waals surface area contributed by atoms with Gasteiger partial charge < -0.3 is 14.2 Å². The molecule has 2 aromatic rings.